The SMILES string of the molecule is CCNC(=NCc1ccc(C(=O)N(C)C)cc1)NCCCC(=O)N1Cc2ccccc2C1.I. The maximum absolute atomic E-state index is 12.5. The Balaban J connectivity index is 0.00000385. The van der Waals surface area contributed by atoms with Crippen molar-refractivity contribution in [2.45, 2.75) is 39.4 Å². The molecule has 1 aliphatic rings. The Morgan fingerprint density at radius 2 is 1.64 bits per heavy atom. The Morgan fingerprint density at radius 1 is 1.00 bits per heavy atom. The topological polar surface area (TPSA) is 77.0 Å². The van der Waals surface area contributed by atoms with E-state index in [1.165, 1.54) is 11.1 Å². The van der Waals surface area contributed by atoms with Crippen LogP contribution in [0.15, 0.2) is 53.5 Å². The molecule has 3 rings (SSSR count). The quantitative estimate of drug-likeness (QED) is 0.224. The Bertz CT molecular complexity index is 935. The predicted molar refractivity (Wildman–Crippen MR) is 143 cm³/mol. The lowest BCUT2D eigenvalue weighted by molar-refractivity contribution is -0.131. The summed E-state index contributed by atoms with van der Waals surface area (Å²) in [4.78, 5) is 32.6. The van der Waals surface area contributed by atoms with Gasteiger partial charge < -0.3 is 20.4 Å². The van der Waals surface area contributed by atoms with Crippen LogP contribution in [-0.2, 0) is 24.4 Å². The number of fused-ring (bicyclic) bond motifs is 1. The van der Waals surface area contributed by atoms with Crippen molar-refractivity contribution in [2.75, 3.05) is 27.2 Å². The first-order valence-electron chi connectivity index (χ1n) is 11.1. The normalized spacial score (nSPS) is 12.6. The number of hydrogen-bond donors (Lipinski definition) is 2. The molecule has 0 saturated heterocycles. The van der Waals surface area contributed by atoms with Crippen molar-refractivity contribution in [3.63, 3.8) is 0 Å². The molecule has 0 fully saturated rings. The van der Waals surface area contributed by atoms with E-state index in [-0.39, 0.29) is 35.8 Å². The number of guanidine groups is 1. The van der Waals surface area contributed by atoms with E-state index in [2.05, 4.69) is 27.8 Å². The largest absolute Gasteiger partial charge is 0.357 e. The van der Waals surface area contributed by atoms with Crippen LogP contribution in [0.3, 0.4) is 0 Å². The van der Waals surface area contributed by atoms with Crippen LogP contribution in [0.5, 0.6) is 0 Å². The average molecular weight is 563 g/mol. The van der Waals surface area contributed by atoms with E-state index in [0.717, 1.165) is 24.5 Å². The number of benzene rings is 2. The first-order valence-corrected chi connectivity index (χ1v) is 11.1. The second kappa shape index (κ2) is 13.2. The van der Waals surface area contributed by atoms with Gasteiger partial charge >= 0.3 is 0 Å². The molecular formula is C25H34IN5O2. The maximum atomic E-state index is 12.5. The van der Waals surface area contributed by atoms with Crippen LogP contribution in [0.2, 0.25) is 0 Å². The minimum Gasteiger partial charge on any atom is -0.357 e. The second-order valence-corrected chi connectivity index (χ2v) is 8.14. The first kappa shape index (κ1) is 26.6. The van der Waals surface area contributed by atoms with Gasteiger partial charge in [0.1, 0.15) is 0 Å². The number of carbonyl (C=O) groups is 2. The highest BCUT2D eigenvalue weighted by Gasteiger charge is 2.22. The molecule has 0 saturated carbocycles. The van der Waals surface area contributed by atoms with Crippen LogP contribution in [-0.4, -0.2) is 54.8 Å². The predicted octanol–water partition coefficient (Wildman–Crippen LogP) is 3.38. The van der Waals surface area contributed by atoms with E-state index in [0.29, 0.717) is 38.2 Å². The molecule has 2 N–H and O–H groups in total. The van der Waals surface area contributed by atoms with Crippen molar-refractivity contribution in [3.05, 3.63) is 70.8 Å². The van der Waals surface area contributed by atoms with Crippen LogP contribution in [0, 0.1) is 0 Å². The van der Waals surface area contributed by atoms with Gasteiger partial charge in [-0.1, -0.05) is 36.4 Å². The van der Waals surface area contributed by atoms with Crippen molar-refractivity contribution < 1.29 is 9.59 Å². The van der Waals surface area contributed by atoms with Crippen LogP contribution >= 0.6 is 24.0 Å². The summed E-state index contributed by atoms with van der Waals surface area (Å²) in [6.07, 6.45) is 1.26. The van der Waals surface area contributed by atoms with Gasteiger partial charge in [0.05, 0.1) is 6.54 Å². The van der Waals surface area contributed by atoms with Crippen molar-refractivity contribution in [3.8, 4) is 0 Å². The van der Waals surface area contributed by atoms with Crippen molar-refractivity contribution >= 4 is 41.8 Å². The number of nitrogens with one attached hydrogen (secondary N) is 2. The Kier molecular flexibility index (Phi) is 10.6. The van der Waals surface area contributed by atoms with Crippen LogP contribution in [0.25, 0.3) is 0 Å². The van der Waals surface area contributed by atoms with E-state index in [1.54, 1.807) is 19.0 Å². The Labute approximate surface area is 213 Å². The van der Waals surface area contributed by atoms with Gasteiger partial charge in [0.15, 0.2) is 5.96 Å². The average Bonchev–Trinajstić information content (AvgIpc) is 3.24. The van der Waals surface area contributed by atoms with Gasteiger partial charge in [-0.2, -0.15) is 0 Å². The summed E-state index contributed by atoms with van der Waals surface area (Å²) in [5.74, 6) is 0.904. The lowest BCUT2D eigenvalue weighted by Crippen LogP contribution is -2.38. The third kappa shape index (κ3) is 7.73. The molecular weight excluding hydrogens is 529 g/mol. The van der Waals surface area contributed by atoms with Crippen molar-refractivity contribution in [2.24, 2.45) is 4.99 Å². The Morgan fingerprint density at radius 3 is 2.21 bits per heavy atom. The summed E-state index contributed by atoms with van der Waals surface area (Å²) in [5, 5.41) is 6.54. The van der Waals surface area contributed by atoms with Gasteiger partial charge in [0.25, 0.3) is 5.91 Å². The summed E-state index contributed by atoms with van der Waals surface area (Å²) in [6, 6.07) is 15.7. The second-order valence-electron chi connectivity index (χ2n) is 8.14. The minimum absolute atomic E-state index is 0. The minimum atomic E-state index is -0.0117. The number of halogens is 1. The molecule has 2 aromatic carbocycles. The molecule has 0 aliphatic carbocycles. The van der Waals surface area contributed by atoms with Crippen molar-refractivity contribution in [1.29, 1.82) is 0 Å². The summed E-state index contributed by atoms with van der Waals surface area (Å²) in [6.45, 7) is 5.39. The standard InChI is InChI=1S/C25H33N5O2.HI/c1-4-26-25(28-16-19-11-13-20(14-12-19)24(32)29(2)3)27-15-7-10-23(31)30-17-21-8-5-6-9-22(21)18-30;/h5-6,8-9,11-14H,4,7,10,15-18H2,1-3H3,(H2,26,27,28);1H. The zero-order valence-corrected chi connectivity index (χ0v) is 22.0. The number of hydrogen-bond acceptors (Lipinski definition) is 3. The number of rotatable bonds is 8. The maximum Gasteiger partial charge on any atom is 0.253 e. The molecule has 1 heterocycles. The Hall–Kier alpha value is -2.62. The molecule has 178 valence electrons. The van der Waals surface area contributed by atoms with Crippen LogP contribution in [0.1, 0.15) is 46.8 Å². The van der Waals surface area contributed by atoms with Crippen molar-refractivity contribution in [1.82, 2.24) is 20.4 Å². The molecule has 0 aromatic heterocycles. The molecule has 7 nitrogen and oxygen atoms in total. The molecule has 2 amide bonds. The van der Waals surface area contributed by atoms with E-state index in [4.69, 9.17) is 0 Å². The summed E-state index contributed by atoms with van der Waals surface area (Å²) in [5.41, 5.74) is 4.19. The van der Waals surface area contributed by atoms with Gasteiger partial charge in [-0.25, -0.2) is 4.99 Å². The third-order valence-corrected chi connectivity index (χ3v) is 5.42. The van der Waals surface area contributed by atoms with Gasteiger partial charge in [0, 0.05) is 52.3 Å². The van der Waals surface area contributed by atoms with Gasteiger partial charge in [-0.05, 0) is 42.2 Å². The molecule has 8 heteroatoms. The summed E-state index contributed by atoms with van der Waals surface area (Å²) in [7, 11) is 3.49. The fourth-order valence-corrected chi connectivity index (χ4v) is 3.64. The third-order valence-electron chi connectivity index (χ3n) is 5.42. The molecule has 0 atom stereocenters. The lowest BCUT2D eigenvalue weighted by Gasteiger charge is -2.16. The fraction of sp³-hybridized carbons (Fsp3) is 0.400. The molecule has 2 aromatic rings. The molecule has 0 radical (unpaired) electrons. The monoisotopic (exact) mass is 563 g/mol. The van der Waals surface area contributed by atoms with E-state index < -0.39 is 0 Å². The molecule has 0 unspecified atom stereocenters. The zero-order valence-electron chi connectivity index (χ0n) is 19.6. The number of amides is 2. The molecule has 33 heavy (non-hydrogen) atoms. The zero-order chi connectivity index (χ0) is 22.9. The van der Waals surface area contributed by atoms with E-state index >= 15 is 0 Å². The highest BCUT2D eigenvalue weighted by molar-refractivity contribution is 14.0. The van der Waals surface area contributed by atoms with Gasteiger partial charge in [0.2, 0.25) is 5.91 Å². The highest BCUT2D eigenvalue weighted by atomic mass is 127. The van der Waals surface area contributed by atoms with E-state index in [9.17, 15) is 9.59 Å². The number of aliphatic imine (C=N–C) groups is 1. The van der Waals surface area contributed by atoms with E-state index in [1.807, 2.05) is 48.2 Å². The fourth-order valence-electron chi connectivity index (χ4n) is 3.64. The highest BCUT2D eigenvalue weighted by Crippen LogP contribution is 2.22. The number of nitrogens with zero attached hydrogens (tertiary/aromatic N) is 3. The van der Waals surface area contributed by atoms with Gasteiger partial charge in [-0.15, -0.1) is 24.0 Å². The van der Waals surface area contributed by atoms with Crippen LogP contribution < -0.4 is 10.6 Å². The number of carbonyl (C=O) groups excluding carboxylic acids is 2. The van der Waals surface area contributed by atoms with Crippen LogP contribution in [0.4, 0.5) is 0 Å². The molecule has 0 spiro atoms. The smallest absolute Gasteiger partial charge is 0.253 e. The molecule has 1 aliphatic heterocycles. The summed E-state index contributed by atoms with van der Waals surface area (Å²) >= 11 is 0. The van der Waals surface area contributed by atoms with Gasteiger partial charge in [-0.3, -0.25) is 9.59 Å². The first-order chi connectivity index (χ1) is 15.5. The summed E-state index contributed by atoms with van der Waals surface area (Å²) < 4.78 is 0. The lowest BCUT2D eigenvalue weighted by atomic mass is 10.1. The molecule has 0 bridgehead atoms.